The first kappa shape index (κ1) is 13.0. The van der Waals surface area contributed by atoms with E-state index in [1.54, 1.807) is 4.90 Å². The number of carbonyl (C=O) groups is 1. The van der Waals surface area contributed by atoms with Gasteiger partial charge in [-0.25, -0.2) is 0 Å². The molecule has 0 radical (unpaired) electrons. The fraction of sp³-hybridized carbons (Fsp3) is 0.462. The second-order valence-electron chi connectivity index (χ2n) is 4.59. The molecule has 0 bridgehead atoms. The van der Waals surface area contributed by atoms with Crippen molar-refractivity contribution in [2.45, 2.75) is 12.8 Å². The Bertz CT molecular complexity index is 442. The number of hydrogen-bond acceptors (Lipinski definition) is 3. The number of rotatable bonds is 2. The van der Waals surface area contributed by atoms with E-state index in [1.165, 1.54) is 18.2 Å². The van der Waals surface area contributed by atoms with Crippen LogP contribution in [0.4, 0.5) is 0 Å². The first-order valence-electron chi connectivity index (χ1n) is 5.99. The molecule has 2 rings (SSSR count). The average Bonchev–Trinajstić information content (AvgIpc) is 2.38. The lowest BCUT2D eigenvalue weighted by Crippen LogP contribution is -2.38. The number of nitrogens with zero attached hydrogens (tertiary/aromatic N) is 1. The quantitative estimate of drug-likeness (QED) is 0.809. The van der Waals surface area contributed by atoms with E-state index in [2.05, 4.69) is 0 Å². The molecule has 1 aromatic carbocycles. The van der Waals surface area contributed by atoms with Gasteiger partial charge in [-0.2, -0.15) is 0 Å². The minimum Gasteiger partial charge on any atom is -0.508 e. The smallest absolute Gasteiger partial charge is 0.257 e. The number of carbonyl (C=O) groups excluding carboxylic acids is 1. The maximum Gasteiger partial charge on any atom is 0.257 e. The van der Waals surface area contributed by atoms with Crippen molar-refractivity contribution in [3.05, 3.63) is 23.8 Å². The van der Waals surface area contributed by atoms with Crippen LogP contribution in [0.1, 0.15) is 23.2 Å². The minimum absolute atomic E-state index is 0.0510. The van der Waals surface area contributed by atoms with Gasteiger partial charge in [-0.05, 0) is 30.9 Å². The van der Waals surface area contributed by atoms with Gasteiger partial charge in [0.2, 0.25) is 0 Å². The molecule has 1 amide bonds. The topological polar surface area (TPSA) is 60.8 Å². The molecule has 1 aromatic rings. The van der Waals surface area contributed by atoms with Crippen LogP contribution in [0.25, 0.3) is 0 Å². The van der Waals surface area contributed by atoms with Crippen LogP contribution >= 0.6 is 11.6 Å². The van der Waals surface area contributed by atoms with Gasteiger partial charge in [0.1, 0.15) is 11.5 Å². The van der Waals surface area contributed by atoms with Gasteiger partial charge in [0, 0.05) is 25.0 Å². The average molecular weight is 270 g/mol. The van der Waals surface area contributed by atoms with Crippen molar-refractivity contribution in [1.29, 1.82) is 0 Å². The summed E-state index contributed by atoms with van der Waals surface area (Å²) in [6.45, 7) is 1.33. The number of phenols is 2. The molecule has 5 heteroatoms. The molecule has 0 atom stereocenters. The van der Waals surface area contributed by atoms with Gasteiger partial charge < -0.3 is 15.1 Å². The molecule has 0 aliphatic carbocycles. The summed E-state index contributed by atoms with van der Waals surface area (Å²) >= 11 is 5.80. The van der Waals surface area contributed by atoms with E-state index in [0.29, 0.717) is 24.9 Å². The Morgan fingerprint density at radius 3 is 2.56 bits per heavy atom. The fourth-order valence-electron chi connectivity index (χ4n) is 2.16. The number of amides is 1. The summed E-state index contributed by atoms with van der Waals surface area (Å²) in [7, 11) is 0. The van der Waals surface area contributed by atoms with E-state index in [-0.39, 0.29) is 23.0 Å². The molecule has 1 aliphatic rings. The van der Waals surface area contributed by atoms with E-state index in [0.717, 1.165) is 12.8 Å². The molecular weight excluding hydrogens is 254 g/mol. The maximum absolute atomic E-state index is 12.2. The lowest BCUT2D eigenvalue weighted by Gasteiger charge is -2.31. The van der Waals surface area contributed by atoms with Gasteiger partial charge in [-0.3, -0.25) is 4.79 Å². The molecule has 1 fully saturated rings. The number of piperidine rings is 1. The lowest BCUT2D eigenvalue weighted by molar-refractivity contribution is 0.0695. The van der Waals surface area contributed by atoms with Crippen LogP contribution in [-0.4, -0.2) is 40.0 Å². The summed E-state index contributed by atoms with van der Waals surface area (Å²) < 4.78 is 0. The van der Waals surface area contributed by atoms with Gasteiger partial charge in [-0.15, -0.1) is 11.6 Å². The highest BCUT2D eigenvalue weighted by Gasteiger charge is 2.24. The SMILES string of the molecule is O=C(c1ccc(O)cc1O)N1CCC(CCl)CC1. The van der Waals surface area contributed by atoms with Gasteiger partial charge in [0.05, 0.1) is 5.56 Å². The third-order valence-corrected chi connectivity index (χ3v) is 3.77. The molecular formula is C13H16ClNO3. The number of likely N-dealkylation sites (tertiary alicyclic amines) is 1. The van der Waals surface area contributed by atoms with Gasteiger partial charge in [-0.1, -0.05) is 0 Å². The summed E-state index contributed by atoms with van der Waals surface area (Å²) in [6.07, 6.45) is 1.79. The van der Waals surface area contributed by atoms with Crippen molar-refractivity contribution in [1.82, 2.24) is 4.90 Å². The molecule has 2 N–H and O–H groups in total. The Labute approximate surface area is 111 Å². The highest BCUT2D eigenvalue weighted by Crippen LogP contribution is 2.26. The number of halogens is 1. The Morgan fingerprint density at radius 2 is 2.00 bits per heavy atom. The third kappa shape index (κ3) is 2.70. The molecule has 1 aliphatic heterocycles. The van der Waals surface area contributed by atoms with Crippen LogP contribution in [0, 0.1) is 5.92 Å². The number of alkyl halides is 1. The monoisotopic (exact) mass is 269 g/mol. The van der Waals surface area contributed by atoms with Gasteiger partial charge >= 0.3 is 0 Å². The highest BCUT2D eigenvalue weighted by atomic mass is 35.5. The standard InChI is InChI=1S/C13H16ClNO3/c14-8-9-3-5-15(6-4-9)13(18)11-2-1-10(16)7-12(11)17/h1-2,7,9,16-17H,3-6,8H2. The van der Waals surface area contributed by atoms with Crippen LogP contribution in [0.5, 0.6) is 11.5 Å². The van der Waals surface area contributed by atoms with Crippen LogP contribution in [0.15, 0.2) is 18.2 Å². The van der Waals surface area contributed by atoms with Crippen molar-refractivity contribution < 1.29 is 15.0 Å². The number of hydrogen-bond donors (Lipinski definition) is 2. The predicted molar refractivity (Wildman–Crippen MR) is 69.1 cm³/mol. The van der Waals surface area contributed by atoms with E-state index in [1.807, 2.05) is 0 Å². The summed E-state index contributed by atoms with van der Waals surface area (Å²) in [6, 6.07) is 4.03. The van der Waals surface area contributed by atoms with E-state index >= 15 is 0 Å². The van der Waals surface area contributed by atoms with Crippen molar-refractivity contribution >= 4 is 17.5 Å². The Hall–Kier alpha value is -1.42. The van der Waals surface area contributed by atoms with Gasteiger partial charge in [0.15, 0.2) is 0 Å². The largest absolute Gasteiger partial charge is 0.508 e. The Kier molecular flexibility index (Phi) is 3.97. The van der Waals surface area contributed by atoms with Crippen LogP contribution in [-0.2, 0) is 0 Å². The minimum atomic E-state index is -0.194. The molecule has 98 valence electrons. The lowest BCUT2D eigenvalue weighted by atomic mass is 9.98. The Morgan fingerprint density at radius 1 is 1.33 bits per heavy atom. The first-order chi connectivity index (χ1) is 8.61. The molecule has 1 saturated heterocycles. The molecule has 0 saturated carbocycles. The van der Waals surface area contributed by atoms with E-state index in [4.69, 9.17) is 11.6 Å². The molecule has 0 aromatic heterocycles. The summed E-state index contributed by atoms with van der Waals surface area (Å²) in [5, 5.41) is 18.9. The van der Waals surface area contributed by atoms with Crippen molar-refractivity contribution in [3.8, 4) is 11.5 Å². The summed E-state index contributed by atoms with van der Waals surface area (Å²) in [4.78, 5) is 13.9. The predicted octanol–water partition coefficient (Wildman–Crippen LogP) is 2.19. The second kappa shape index (κ2) is 5.48. The summed E-state index contributed by atoms with van der Waals surface area (Å²) in [5.41, 5.74) is 0.233. The summed E-state index contributed by atoms with van der Waals surface area (Å²) in [5.74, 6) is 0.681. The normalized spacial score (nSPS) is 16.8. The third-order valence-electron chi connectivity index (χ3n) is 3.33. The zero-order valence-electron chi connectivity index (χ0n) is 9.97. The van der Waals surface area contributed by atoms with Crippen LogP contribution in [0.2, 0.25) is 0 Å². The molecule has 4 nitrogen and oxygen atoms in total. The van der Waals surface area contributed by atoms with E-state index < -0.39 is 0 Å². The zero-order valence-corrected chi connectivity index (χ0v) is 10.7. The molecule has 1 heterocycles. The zero-order chi connectivity index (χ0) is 13.1. The first-order valence-corrected chi connectivity index (χ1v) is 6.52. The number of aromatic hydroxyl groups is 2. The van der Waals surface area contributed by atoms with E-state index in [9.17, 15) is 15.0 Å². The van der Waals surface area contributed by atoms with Crippen LogP contribution < -0.4 is 0 Å². The molecule has 18 heavy (non-hydrogen) atoms. The van der Waals surface area contributed by atoms with Crippen molar-refractivity contribution in [3.63, 3.8) is 0 Å². The van der Waals surface area contributed by atoms with Crippen molar-refractivity contribution in [2.24, 2.45) is 5.92 Å². The fourth-order valence-corrected chi connectivity index (χ4v) is 2.47. The van der Waals surface area contributed by atoms with Crippen molar-refractivity contribution in [2.75, 3.05) is 19.0 Å². The second-order valence-corrected chi connectivity index (χ2v) is 4.90. The van der Waals surface area contributed by atoms with Crippen LogP contribution in [0.3, 0.4) is 0 Å². The van der Waals surface area contributed by atoms with Gasteiger partial charge in [0.25, 0.3) is 5.91 Å². The number of phenolic OH excluding ortho intramolecular Hbond substituents is 2. The molecule has 0 spiro atoms. The highest BCUT2D eigenvalue weighted by molar-refractivity contribution is 6.18. The maximum atomic E-state index is 12.2. The number of benzene rings is 1. The molecule has 0 unspecified atom stereocenters. The Balaban J connectivity index is 2.08.